The second kappa shape index (κ2) is 8.45. The Balaban J connectivity index is 2.13. The first-order chi connectivity index (χ1) is 8.65. The van der Waals surface area contributed by atoms with Crippen molar-refractivity contribution in [2.24, 2.45) is 0 Å². The maximum atomic E-state index is 10.4. The molecule has 1 heterocycles. The molecule has 0 spiro atoms. The zero-order valence-corrected chi connectivity index (χ0v) is 11.6. The lowest BCUT2D eigenvalue weighted by Crippen LogP contribution is -2.41. The van der Waals surface area contributed by atoms with Gasteiger partial charge in [-0.1, -0.05) is 13.8 Å². The first-order valence-corrected chi connectivity index (χ1v) is 6.93. The predicted octanol–water partition coefficient (Wildman–Crippen LogP) is 0.894. The average Bonchev–Trinajstić information content (AvgIpc) is 2.39. The van der Waals surface area contributed by atoms with Gasteiger partial charge in [-0.25, -0.2) is 4.79 Å². The second-order valence-corrected chi connectivity index (χ2v) is 4.77. The van der Waals surface area contributed by atoms with E-state index >= 15 is 0 Å². The Hall–Kier alpha value is -0.650. The number of aliphatic carboxylic acids is 1. The number of rotatable bonds is 8. The highest BCUT2D eigenvalue weighted by atomic mass is 16.5. The van der Waals surface area contributed by atoms with Gasteiger partial charge in [0.1, 0.15) is 6.61 Å². The summed E-state index contributed by atoms with van der Waals surface area (Å²) in [7, 11) is 0. The molecule has 0 atom stereocenters. The highest BCUT2D eigenvalue weighted by Gasteiger charge is 2.20. The van der Waals surface area contributed by atoms with Crippen LogP contribution in [0.15, 0.2) is 0 Å². The SMILES string of the molecule is CCN(CC)CCN1CCC(OCC(=O)O)CC1. The summed E-state index contributed by atoms with van der Waals surface area (Å²) in [5.41, 5.74) is 0. The molecule has 0 aromatic heterocycles. The van der Waals surface area contributed by atoms with Gasteiger partial charge in [-0.2, -0.15) is 0 Å². The number of likely N-dealkylation sites (N-methyl/N-ethyl adjacent to an activating group) is 1. The van der Waals surface area contributed by atoms with Crippen molar-refractivity contribution >= 4 is 5.97 Å². The normalized spacial score (nSPS) is 18.4. The maximum absolute atomic E-state index is 10.4. The molecule has 0 aliphatic carbocycles. The lowest BCUT2D eigenvalue weighted by atomic mass is 10.1. The van der Waals surface area contributed by atoms with Crippen LogP contribution < -0.4 is 0 Å². The van der Waals surface area contributed by atoms with Crippen molar-refractivity contribution in [1.29, 1.82) is 0 Å². The number of ether oxygens (including phenoxy) is 1. The van der Waals surface area contributed by atoms with Crippen LogP contribution in [0.3, 0.4) is 0 Å². The fourth-order valence-electron chi connectivity index (χ4n) is 2.31. The minimum absolute atomic E-state index is 0.130. The Morgan fingerprint density at radius 2 is 1.94 bits per heavy atom. The van der Waals surface area contributed by atoms with E-state index in [2.05, 4.69) is 23.6 Å². The van der Waals surface area contributed by atoms with E-state index in [0.717, 1.165) is 52.1 Å². The quantitative estimate of drug-likeness (QED) is 0.701. The number of hydrogen-bond acceptors (Lipinski definition) is 4. The molecule has 1 aliphatic heterocycles. The van der Waals surface area contributed by atoms with E-state index in [9.17, 15) is 4.79 Å². The van der Waals surface area contributed by atoms with Gasteiger partial charge in [0.2, 0.25) is 0 Å². The van der Waals surface area contributed by atoms with Crippen molar-refractivity contribution in [2.45, 2.75) is 32.8 Å². The van der Waals surface area contributed by atoms with Gasteiger partial charge in [-0.3, -0.25) is 0 Å². The van der Waals surface area contributed by atoms with E-state index in [1.807, 2.05) is 0 Å². The molecular formula is C13H26N2O3. The van der Waals surface area contributed by atoms with Crippen molar-refractivity contribution < 1.29 is 14.6 Å². The largest absolute Gasteiger partial charge is 0.480 e. The van der Waals surface area contributed by atoms with E-state index in [0.29, 0.717) is 0 Å². The molecule has 0 aromatic carbocycles. The summed E-state index contributed by atoms with van der Waals surface area (Å²) in [6, 6.07) is 0. The average molecular weight is 258 g/mol. The lowest BCUT2D eigenvalue weighted by molar-refractivity contribution is -0.145. The van der Waals surface area contributed by atoms with Crippen LogP contribution >= 0.6 is 0 Å². The molecule has 1 aliphatic rings. The van der Waals surface area contributed by atoms with E-state index in [-0.39, 0.29) is 12.7 Å². The van der Waals surface area contributed by atoms with E-state index < -0.39 is 5.97 Å². The monoisotopic (exact) mass is 258 g/mol. The van der Waals surface area contributed by atoms with Gasteiger partial charge in [-0.15, -0.1) is 0 Å². The zero-order valence-electron chi connectivity index (χ0n) is 11.6. The van der Waals surface area contributed by atoms with Gasteiger partial charge in [-0.05, 0) is 25.9 Å². The predicted molar refractivity (Wildman–Crippen MR) is 70.8 cm³/mol. The summed E-state index contributed by atoms with van der Waals surface area (Å²) in [5, 5.41) is 8.55. The van der Waals surface area contributed by atoms with Crippen LogP contribution in [0.5, 0.6) is 0 Å². The van der Waals surface area contributed by atoms with Crippen molar-refractivity contribution in [3.8, 4) is 0 Å². The molecule has 0 aromatic rings. The minimum Gasteiger partial charge on any atom is -0.480 e. The van der Waals surface area contributed by atoms with E-state index in [1.54, 1.807) is 0 Å². The molecule has 18 heavy (non-hydrogen) atoms. The molecule has 1 N–H and O–H groups in total. The van der Waals surface area contributed by atoms with Crippen molar-refractivity contribution in [3.05, 3.63) is 0 Å². The van der Waals surface area contributed by atoms with Gasteiger partial charge < -0.3 is 19.6 Å². The number of hydrogen-bond donors (Lipinski definition) is 1. The Bertz CT molecular complexity index is 236. The van der Waals surface area contributed by atoms with Gasteiger partial charge in [0.25, 0.3) is 0 Å². The van der Waals surface area contributed by atoms with Crippen molar-refractivity contribution in [2.75, 3.05) is 45.9 Å². The minimum atomic E-state index is -0.876. The zero-order chi connectivity index (χ0) is 13.4. The van der Waals surface area contributed by atoms with Gasteiger partial charge in [0.05, 0.1) is 6.10 Å². The third kappa shape index (κ3) is 5.80. The molecule has 106 valence electrons. The van der Waals surface area contributed by atoms with E-state index in [1.165, 1.54) is 0 Å². The number of carboxylic acid groups (broad SMARTS) is 1. The van der Waals surface area contributed by atoms with Crippen LogP contribution in [0.4, 0.5) is 0 Å². The van der Waals surface area contributed by atoms with Gasteiger partial charge >= 0.3 is 5.97 Å². The molecule has 0 radical (unpaired) electrons. The fourth-order valence-corrected chi connectivity index (χ4v) is 2.31. The van der Waals surface area contributed by atoms with Crippen LogP contribution in [0.25, 0.3) is 0 Å². The molecule has 5 nitrogen and oxygen atoms in total. The highest BCUT2D eigenvalue weighted by molar-refractivity contribution is 5.68. The second-order valence-electron chi connectivity index (χ2n) is 4.77. The number of likely N-dealkylation sites (tertiary alicyclic amines) is 1. The summed E-state index contributed by atoms with van der Waals surface area (Å²) in [6.45, 7) is 10.7. The molecule has 0 unspecified atom stereocenters. The first-order valence-electron chi connectivity index (χ1n) is 6.93. The van der Waals surface area contributed by atoms with Crippen LogP contribution in [0, 0.1) is 0 Å². The van der Waals surface area contributed by atoms with Crippen LogP contribution in [0.2, 0.25) is 0 Å². The lowest BCUT2D eigenvalue weighted by Gasteiger charge is -2.32. The first kappa shape index (κ1) is 15.4. The number of piperidine rings is 1. The van der Waals surface area contributed by atoms with E-state index in [4.69, 9.17) is 9.84 Å². The summed E-state index contributed by atoms with van der Waals surface area (Å²) < 4.78 is 5.32. The standard InChI is InChI=1S/C13H26N2O3/c1-3-14(4-2)9-10-15-7-5-12(6-8-15)18-11-13(16)17/h12H,3-11H2,1-2H3,(H,16,17). The molecular weight excluding hydrogens is 232 g/mol. The Labute approximate surface area is 110 Å². The summed E-state index contributed by atoms with van der Waals surface area (Å²) in [4.78, 5) is 15.3. The van der Waals surface area contributed by atoms with Crippen LogP contribution in [-0.2, 0) is 9.53 Å². The third-order valence-electron chi connectivity index (χ3n) is 3.60. The third-order valence-corrected chi connectivity index (χ3v) is 3.60. The summed E-state index contributed by atoms with van der Waals surface area (Å²) >= 11 is 0. The maximum Gasteiger partial charge on any atom is 0.329 e. The number of nitrogens with zero attached hydrogens (tertiary/aromatic N) is 2. The fraction of sp³-hybridized carbons (Fsp3) is 0.923. The van der Waals surface area contributed by atoms with Crippen molar-refractivity contribution in [1.82, 2.24) is 9.80 Å². The number of carbonyl (C=O) groups is 1. The van der Waals surface area contributed by atoms with Gasteiger partial charge in [0.15, 0.2) is 0 Å². The summed E-state index contributed by atoms with van der Waals surface area (Å²) in [5.74, 6) is -0.876. The molecule has 0 bridgehead atoms. The summed E-state index contributed by atoms with van der Waals surface area (Å²) in [6.07, 6.45) is 2.03. The molecule has 1 fully saturated rings. The highest BCUT2D eigenvalue weighted by Crippen LogP contribution is 2.13. The smallest absolute Gasteiger partial charge is 0.329 e. The Morgan fingerprint density at radius 3 is 2.44 bits per heavy atom. The molecule has 0 saturated carbocycles. The topological polar surface area (TPSA) is 53.0 Å². The molecule has 5 heteroatoms. The molecule has 0 amide bonds. The Kier molecular flexibility index (Phi) is 7.23. The Morgan fingerprint density at radius 1 is 1.33 bits per heavy atom. The van der Waals surface area contributed by atoms with Crippen LogP contribution in [0.1, 0.15) is 26.7 Å². The molecule has 1 rings (SSSR count). The van der Waals surface area contributed by atoms with Gasteiger partial charge in [0, 0.05) is 26.2 Å². The molecule has 1 saturated heterocycles. The van der Waals surface area contributed by atoms with Crippen LogP contribution in [-0.4, -0.2) is 72.9 Å². The number of carboxylic acids is 1. The van der Waals surface area contributed by atoms with Crippen molar-refractivity contribution in [3.63, 3.8) is 0 Å².